The molecule has 0 saturated carbocycles. The normalized spacial score (nSPS) is 11.9. The van der Waals surface area contributed by atoms with Gasteiger partial charge in [-0.2, -0.15) is 0 Å². The number of hydrogen-bond acceptors (Lipinski definition) is 4. The van der Waals surface area contributed by atoms with Gasteiger partial charge in [-0.1, -0.05) is 0 Å². The van der Waals surface area contributed by atoms with E-state index in [1.165, 1.54) is 11.3 Å². The second kappa shape index (κ2) is 5.79. The van der Waals surface area contributed by atoms with E-state index >= 15 is 0 Å². The summed E-state index contributed by atoms with van der Waals surface area (Å²) in [6.07, 6.45) is 1.73. The Hall–Kier alpha value is -1.95. The van der Waals surface area contributed by atoms with Crippen molar-refractivity contribution in [2.45, 2.75) is 26.8 Å². The van der Waals surface area contributed by atoms with Gasteiger partial charge in [-0.25, -0.2) is 9.78 Å². The largest absolute Gasteiger partial charge is 0.329 e. The zero-order valence-corrected chi connectivity index (χ0v) is 11.9. The van der Waals surface area contributed by atoms with Gasteiger partial charge in [-0.3, -0.25) is 4.98 Å². The van der Waals surface area contributed by atoms with Crippen molar-refractivity contribution in [1.82, 2.24) is 15.3 Å². The maximum absolute atomic E-state index is 11.9. The van der Waals surface area contributed by atoms with E-state index in [1.54, 1.807) is 6.20 Å². The first-order valence-corrected chi connectivity index (χ1v) is 6.85. The predicted octanol–water partition coefficient (Wildman–Crippen LogP) is 3.04. The van der Waals surface area contributed by atoms with Crippen LogP contribution in [0.2, 0.25) is 0 Å². The first-order chi connectivity index (χ1) is 9.06. The Morgan fingerprint density at radius 3 is 2.79 bits per heavy atom. The standard InChI is InChI=1S/C13H16N4OS/c1-8-4-5-11(9(2)15-8)17-13(18)16-10(3)12-14-6-7-19-12/h4-7,10H,1-3H3,(H2,16,17,18)/t10-/m0/s1. The molecule has 0 spiro atoms. The first kappa shape index (κ1) is 13.5. The fourth-order valence-electron chi connectivity index (χ4n) is 1.68. The van der Waals surface area contributed by atoms with E-state index < -0.39 is 0 Å². The smallest absolute Gasteiger partial charge is 0.319 e. The van der Waals surface area contributed by atoms with Crippen LogP contribution in [0.3, 0.4) is 0 Å². The van der Waals surface area contributed by atoms with E-state index in [-0.39, 0.29) is 12.1 Å². The van der Waals surface area contributed by atoms with Crippen molar-refractivity contribution in [2.75, 3.05) is 5.32 Å². The van der Waals surface area contributed by atoms with Crippen LogP contribution in [-0.4, -0.2) is 16.0 Å². The molecule has 19 heavy (non-hydrogen) atoms. The van der Waals surface area contributed by atoms with Crippen LogP contribution >= 0.6 is 11.3 Å². The van der Waals surface area contributed by atoms with Crippen molar-refractivity contribution in [2.24, 2.45) is 0 Å². The minimum atomic E-state index is -0.253. The molecule has 2 amide bonds. The molecule has 2 aromatic rings. The van der Waals surface area contributed by atoms with Gasteiger partial charge >= 0.3 is 6.03 Å². The second-order valence-corrected chi connectivity index (χ2v) is 5.20. The van der Waals surface area contributed by atoms with Crippen LogP contribution in [-0.2, 0) is 0 Å². The first-order valence-electron chi connectivity index (χ1n) is 5.97. The number of carbonyl (C=O) groups excluding carboxylic acids is 1. The Morgan fingerprint density at radius 1 is 1.37 bits per heavy atom. The number of urea groups is 1. The summed E-state index contributed by atoms with van der Waals surface area (Å²) in [6, 6.07) is 3.35. The van der Waals surface area contributed by atoms with Crippen LogP contribution in [0.4, 0.5) is 10.5 Å². The number of pyridine rings is 1. The molecule has 0 saturated heterocycles. The summed E-state index contributed by atoms with van der Waals surface area (Å²) in [4.78, 5) is 20.4. The number of carbonyl (C=O) groups is 1. The van der Waals surface area contributed by atoms with Gasteiger partial charge < -0.3 is 10.6 Å². The summed E-state index contributed by atoms with van der Waals surface area (Å²) in [6.45, 7) is 5.69. The molecular weight excluding hydrogens is 260 g/mol. The fourth-order valence-corrected chi connectivity index (χ4v) is 2.33. The number of anilines is 1. The molecule has 0 aliphatic rings. The highest BCUT2D eigenvalue weighted by atomic mass is 32.1. The third-order valence-electron chi connectivity index (χ3n) is 2.64. The molecule has 2 heterocycles. The van der Waals surface area contributed by atoms with E-state index in [0.717, 1.165) is 22.1 Å². The molecule has 0 aliphatic heterocycles. The molecule has 0 aliphatic carbocycles. The van der Waals surface area contributed by atoms with Gasteiger partial charge in [0.25, 0.3) is 0 Å². The molecule has 0 bridgehead atoms. The molecule has 1 atom stereocenters. The lowest BCUT2D eigenvalue weighted by Crippen LogP contribution is -2.31. The van der Waals surface area contributed by atoms with E-state index in [9.17, 15) is 4.79 Å². The summed E-state index contributed by atoms with van der Waals surface area (Å²) < 4.78 is 0. The third kappa shape index (κ3) is 3.51. The van der Waals surface area contributed by atoms with Crippen LogP contribution in [0.1, 0.15) is 29.4 Å². The number of thiazole rings is 1. The van der Waals surface area contributed by atoms with Gasteiger partial charge in [0, 0.05) is 17.3 Å². The summed E-state index contributed by atoms with van der Waals surface area (Å²) in [5, 5.41) is 8.41. The monoisotopic (exact) mass is 276 g/mol. The molecule has 0 radical (unpaired) electrons. The van der Waals surface area contributed by atoms with Crippen molar-refractivity contribution in [3.05, 3.63) is 40.1 Å². The van der Waals surface area contributed by atoms with Gasteiger partial charge in [-0.05, 0) is 32.9 Å². The Morgan fingerprint density at radius 2 is 2.16 bits per heavy atom. The van der Waals surface area contributed by atoms with Gasteiger partial charge in [0.2, 0.25) is 0 Å². The topological polar surface area (TPSA) is 66.9 Å². The zero-order valence-electron chi connectivity index (χ0n) is 11.1. The molecule has 5 nitrogen and oxygen atoms in total. The number of amides is 2. The number of nitrogens with zero attached hydrogens (tertiary/aromatic N) is 2. The maximum Gasteiger partial charge on any atom is 0.319 e. The second-order valence-electron chi connectivity index (χ2n) is 4.28. The number of rotatable bonds is 3. The lowest BCUT2D eigenvalue weighted by atomic mass is 10.3. The lowest BCUT2D eigenvalue weighted by Gasteiger charge is -2.13. The quantitative estimate of drug-likeness (QED) is 0.905. The SMILES string of the molecule is Cc1ccc(NC(=O)N[C@@H](C)c2nccs2)c(C)n1. The predicted molar refractivity (Wildman–Crippen MR) is 76.4 cm³/mol. The Bertz CT molecular complexity index is 568. The maximum atomic E-state index is 11.9. The average molecular weight is 276 g/mol. The van der Waals surface area contributed by atoms with Gasteiger partial charge in [-0.15, -0.1) is 11.3 Å². The molecule has 0 aromatic carbocycles. The molecule has 2 rings (SSSR count). The van der Waals surface area contributed by atoms with E-state index in [0.29, 0.717) is 0 Å². The van der Waals surface area contributed by atoms with E-state index in [1.807, 2.05) is 38.3 Å². The van der Waals surface area contributed by atoms with Crippen molar-refractivity contribution < 1.29 is 4.79 Å². The molecule has 2 N–H and O–H groups in total. The van der Waals surface area contributed by atoms with Gasteiger partial charge in [0.1, 0.15) is 5.01 Å². The number of hydrogen-bond donors (Lipinski definition) is 2. The molecule has 100 valence electrons. The highest BCUT2D eigenvalue weighted by Gasteiger charge is 2.12. The van der Waals surface area contributed by atoms with Crippen molar-refractivity contribution in [3.63, 3.8) is 0 Å². The van der Waals surface area contributed by atoms with Crippen molar-refractivity contribution in [1.29, 1.82) is 0 Å². The van der Waals surface area contributed by atoms with E-state index in [2.05, 4.69) is 20.6 Å². The average Bonchev–Trinajstić information content (AvgIpc) is 2.86. The summed E-state index contributed by atoms with van der Waals surface area (Å²) >= 11 is 1.52. The van der Waals surface area contributed by atoms with Gasteiger partial charge in [0.15, 0.2) is 0 Å². The molecular formula is C13H16N4OS. The summed E-state index contributed by atoms with van der Waals surface area (Å²) in [7, 11) is 0. The van der Waals surface area contributed by atoms with E-state index in [4.69, 9.17) is 0 Å². The zero-order chi connectivity index (χ0) is 13.8. The Labute approximate surface area is 116 Å². The molecule has 6 heteroatoms. The van der Waals surface area contributed by atoms with Crippen LogP contribution in [0.25, 0.3) is 0 Å². The molecule has 2 aromatic heterocycles. The lowest BCUT2D eigenvalue weighted by molar-refractivity contribution is 0.249. The van der Waals surface area contributed by atoms with Crippen LogP contribution in [0.5, 0.6) is 0 Å². The van der Waals surface area contributed by atoms with Crippen LogP contribution in [0.15, 0.2) is 23.7 Å². The molecule has 0 fully saturated rings. The third-order valence-corrected chi connectivity index (χ3v) is 3.60. The molecule has 0 unspecified atom stereocenters. The minimum Gasteiger partial charge on any atom is -0.329 e. The van der Waals surface area contributed by atoms with Crippen LogP contribution < -0.4 is 10.6 Å². The van der Waals surface area contributed by atoms with Gasteiger partial charge in [0.05, 0.1) is 17.4 Å². The summed E-state index contributed by atoms with van der Waals surface area (Å²) in [5.41, 5.74) is 2.45. The number of nitrogens with one attached hydrogen (secondary N) is 2. The Kier molecular flexibility index (Phi) is 4.11. The number of aryl methyl sites for hydroxylation is 2. The minimum absolute atomic E-state index is 0.112. The fraction of sp³-hybridized carbons (Fsp3) is 0.308. The van der Waals surface area contributed by atoms with Crippen LogP contribution in [0, 0.1) is 13.8 Å². The highest BCUT2D eigenvalue weighted by Crippen LogP contribution is 2.16. The summed E-state index contributed by atoms with van der Waals surface area (Å²) in [5.74, 6) is 0. The highest BCUT2D eigenvalue weighted by molar-refractivity contribution is 7.09. The van der Waals surface area contributed by atoms with Crippen molar-refractivity contribution >= 4 is 23.1 Å². The van der Waals surface area contributed by atoms with Crippen molar-refractivity contribution in [3.8, 4) is 0 Å². The Balaban J connectivity index is 1.98. The number of aromatic nitrogens is 2.